The second-order valence-corrected chi connectivity index (χ2v) is 3.81. The van der Waals surface area contributed by atoms with Crippen LogP contribution < -0.4 is 0 Å². The highest BCUT2D eigenvalue weighted by atomic mass is 14.1. The Labute approximate surface area is 109 Å². The van der Waals surface area contributed by atoms with Crippen molar-refractivity contribution in [2.45, 2.75) is 73.6 Å². The molecule has 0 fully saturated rings. The van der Waals surface area contributed by atoms with Gasteiger partial charge in [0.2, 0.25) is 0 Å². The minimum Gasteiger partial charge on any atom is -0.0683 e. The molecule has 0 heterocycles. The number of hydrogen-bond acceptors (Lipinski definition) is 0. The third-order valence-electron chi connectivity index (χ3n) is 2.64. The van der Waals surface area contributed by atoms with Crippen molar-refractivity contribution in [3.63, 3.8) is 0 Å². The van der Waals surface area contributed by atoms with E-state index in [2.05, 4.69) is 45.0 Å². The largest absolute Gasteiger partial charge is 0.0683 e. The van der Waals surface area contributed by atoms with E-state index in [9.17, 15) is 0 Å². The fraction of sp³-hybridized carbons (Fsp3) is 0.647. The second-order valence-electron chi connectivity index (χ2n) is 3.81. The van der Waals surface area contributed by atoms with Crippen LogP contribution in [0.1, 0.15) is 77.8 Å². The predicted octanol–water partition coefficient (Wildman–Crippen LogP) is 6.34. The van der Waals surface area contributed by atoms with Gasteiger partial charge in [0.15, 0.2) is 0 Å². The minimum absolute atomic E-state index is 0.768. The normalized spacial score (nSPS) is 10.5. The van der Waals surface area contributed by atoms with Crippen LogP contribution in [-0.2, 0) is 0 Å². The predicted molar refractivity (Wildman–Crippen MR) is 81.8 cm³/mol. The molecule has 0 aliphatic rings. The first-order valence-electron chi connectivity index (χ1n) is 7.34. The SMILES string of the molecule is CC.CC.CCCC(CC)c1cccc(C)c1. The van der Waals surface area contributed by atoms with Crippen molar-refractivity contribution in [2.24, 2.45) is 0 Å². The summed E-state index contributed by atoms with van der Waals surface area (Å²) >= 11 is 0. The first-order chi connectivity index (χ1) is 8.27. The summed E-state index contributed by atoms with van der Waals surface area (Å²) in [5.41, 5.74) is 2.90. The van der Waals surface area contributed by atoms with Crippen LogP contribution in [0.15, 0.2) is 24.3 Å². The standard InChI is InChI=1S/C13H20.2C2H6/c1-4-7-12(5-2)13-9-6-8-11(3)10-13;2*1-2/h6,8-10,12H,4-5,7H2,1-3H3;2*1-2H3. The highest BCUT2D eigenvalue weighted by Crippen LogP contribution is 2.24. The van der Waals surface area contributed by atoms with Gasteiger partial charge in [-0.3, -0.25) is 0 Å². The molecule has 0 radical (unpaired) electrons. The van der Waals surface area contributed by atoms with Crippen molar-refractivity contribution in [1.82, 2.24) is 0 Å². The van der Waals surface area contributed by atoms with Gasteiger partial charge in [0.05, 0.1) is 0 Å². The van der Waals surface area contributed by atoms with Gasteiger partial charge in [-0.2, -0.15) is 0 Å². The summed E-state index contributed by atoms with van der Waals surface area (Å²) in [5.74, 6) is 0.768. The summed E-state index contributed by atoms with van der Waals surface area (Å²) in [6.07, 6.45) is 3.86. The van der Waals surface area contributed by atoms with Crippen LogP contribution in [0.4, 0.5) is 0 Å². The van der Waals surface area contributed by atoms with Gasteiger partial charge >= 0.3 is 0 Å². The summed E-state index contributed by atoms with van der Waals surface area (Å²) in [6, 6.07) is 8.92. The van der Waals surface area contributed by atoms with E-state index in [-0.39, 0.29) is 0 Å². The van der Waals surface area contributed by atoms with E-state index in [0.29, 0.717) is 0 Å². The minimum atomic E-state index is 0.768. The van der Waals surface area contributed by atoms with E-state index in [1.54, 1.807) is 0 Å². The van der Waals surface area contributed by atoms with Crippen molar-refractivity contribution < 1.29 is 0 Å². The summed E-state index contributed by atoms with van der Waals surface area (Å²) < 4.78 is 0. The van der Waals surface area contributed by atoms with Crippen LogP contribution in [0.5, 0.6) is 0 Å². The van der Waals surface area contributed by atoms with E-state index in [1.165, 1.54) is 30.4 Å². The van der Waals surface area contributed by atoms with Crippen LogP contribution in [0.2, 0.25) is 0 Å². The Kier molecular flexibility index (Phi) is 14.5. The van der Waals surface area contributed by atoms with E-state index >= 15 is 0 Å². The maximum Gasteiger partial charge on any atom is -0.0165 e. The molecule has 1 rings (SSSR count). The number of rotatable bonds is 4. The first-order valence-corrected chi connectivity index (χ1v) is 7.34. The molecule has 1 unspecified atom stereocenters. The zero-order valence-corrected chi connectivity index (χ0v) is 13.0. The smallest absolute Gasteiger partial charge is 0.0165 e. The first kappa shape index (κ1) is 18.6. The molecule has 1 aromatic carbocycles. The van der Waals surface area contributed by atoms with E-state index in [1.807, 2.05) is 27.7 Å². The molecule has 0 heteroatoms. The molecular formula is C17H32. The van der Waals surface area contributed by atoms with Crippen molar-refractivity contribution in [3.8, 4) is 0 Å². The molecule has 0 N–H and O–H groups in total. The third kappa shape index (κ3) is 8.01. The Morgan fingerprint density at radius 3 is 2.00 bits per heavy atom. The molecule has 100 valence electrons. The zero-order chi connectivity index (χ0) is 13.7. The number of aryl methyl sites for hydroxylation is 1. The lowest BCUT2D eigenvalue weighted by atomic mass is 9.91. The molecule has 0 nitrogen and oxygen atoms in total. The maximum absolute atomic E-state index is 2.32. The zero-order valence-electron chi connectivity index (χ0n) is 13.0. The monoisotopic (exact) mass is 236 g/mol. The maximum atomic E-state index is 2.32. The average molecular weight is 236 g/mol. The third-order valence-corrected chi connectivity index (χ3v) is 2.64. The quantitative estimate of drug-likeness (QED) is 0.572. The number of benzene rings is 1. The highest BCUT2D eigenvalue weighted by Gasteiger charge is 2.07. The van der Waals surface area contributed by atoms with Gasteiger partial charge in [0.25, 0.3) is 0 Å². The average Bonchev–Trinajstić information content (AvgIpc) is 2.40. The van der Waals surface area contributed by atoms with Gasteiger partial charge in [-0.15, -0.1) is 0 Å². The van der Waals surface area contributed by atoms with Gasteiger partial charge in [-0.05, 0) is 31.2 Å². The lowest BCUT2D eigenvalue weighted by molar-refractivity contribution is 0.595. The van der Waals surface area contributed by atoms with Gasteiger partial charge in [-0.25, -0.2) is 0 Å². The number of hydrogen-bond donors (Lipinski definition) is 0. The molecule has 0 bridgehead atoms. The summed E-state index contributed by atoms with van der Waals surface area (Å²) in [5, 5.41) is 0. The summed E-state index contributed by atoms with van der Waals surface area (Å²) in [4.78, 5) is 0. The summed E-state index contributed by atoms with van der Waals surface area (Å²) in [7, 11) is 0. The second kappa shape index (κ2) is 13.3. The molecule has 0 aromatic heterocycles. The molecule has 0 aliphatic carbocycles. The van der Waals surface area contributed by atoms with Gasteiger partial charge in [0, 0.05) is 0 Å². The van der Waals surface area contributed by atoms with Crippen molar-refractivity contribution in [1.29, 1.82) is 0 Å². The molecule has 1 atom stereocenters. The molecule has 0 aliphatic heterocycles. The molecular weight excluding hydrogens is 204 g/mol. The van der Waals surface area contributed by atoms with Gasteiger partial charge in [0.1, 0.15) is 0 Å². The van der Waals surface area contributed by atoms with Crippen molar-refractivity contribution >= 4 is 0 Å². The van der Waals surface area contributed by atoms with Crippen LogP contribution >= 0.6 is 0 Å². The Morgan fingerprint density at radius 2 is 1.59 bits per heavy atom. The Hall–Kier alpha value is -0.780. The Bertz CT molecular complexity index is 250. The Morgan fingerprint density at radius 1 is 1.00 bits per heavy atom. The van der Waals surface area contributed by atoms with Crippen molar-refractivity contribution in [3.05, 3.63) is 35.4 Å². The molecule has 17 heavy (non-hydrogen) atoms. The summed E-state index contributed by atoms with van der Waals surface area (Å²) in [6.45, 7) is 14.7. The molecule has 1 aromatic rings. The lowest BCUT2D eigenvalue weighted by Crippen LogP contribution is -1.96. The van der Waals surface area contributed by atoms with Crippen LogP contribution in [0, 0.1) is 6.92 Å². The van der Waals surface area contributed by atoms with Crippen molar-refractivity contribution in [2.75, 3.05) is 0 Å². The topological polar surface area (TPSA) is 0 Å². The molecule has 0 amide bonds. The molecule has 0 saturated heterocycles. The van der Waals surface area contributed by atoms with E-state index in [0.717, 1.165) is 5.92 Å². The van der Waals surface area contributed by atoms with E-state index < -0.39 is 0 Å². The fourth-order valence-corrected chi connectivity index (χ4v) is 1.88. The lowest BCUT2D eigenvalue weighted by Gasteiger charge is -2.14. The van der Waals surface area contributed by atoms with Gasteiger partial charge < -0.3 is 0 Å². The van der Waals surface area contributed by atoms with Crippen LogP contribution in [0.3, 0.4) is 0 Å². The molecule has 0 saturated carbocycles. The molecule has 0 spiro atoms. The van der Waals surface area contributed by atoms with E-state index in [4.69, 9.17) is 0 Å². The van der Waals surface area contributed by atoms with Gasteiger partial charge in [-0.1, -0.05) is 77.8 Å². The Balaban J connectivity index is 0. The highest BCUT2D eigenvalue weighted by molar-refractivity contribution is 5.25. The van der Waals surface area contributed by atoms with Crippen LogP contribution in [0.25, 0.3) is 0 Å². The fourth-order valence-electron chi connectivity index (χ4n) is 1.88. The van der Waals surface area contributed by atoms with Crippen LogP contribution in [-0.4, -0.2) is 0 Å².